The smallest absolute Gasteiger partial charge is 0.410 e. The lowest BCUT2D eigenvalue weighted by Gasteiger charge is -2.39. The molecular formula is C15H23N3O5. The maximum Gasteiger partial charge on any atom is 0.410 e. The number of piperidine rings is 1. The van der Waals surface area contributed by atoms with Crippen molar-refractivity contribution in [3.05, 3.63) is 12.4 Å². The summed E-state index contributed by atoms with van der Waals surface area (Å²) in [6, 6.07) is 0. The average Bonchev–Trinajstić information content (AvgIpc) is 2.94. The molecule has 23 heavy (non-hydrogen) atoms. The van der Waals surface area contributed by atoms with Crippen molar-refractivity contribution in [1.82, 2.24) is 14.7 Å². The Morgan fingerprint density at radius 2 is 1.91 bits per heavy atom. The monoisotopic (exact) mass is 325 g/mol. The predicted molar refractivity (Wildman–Crippen MR) is 81.4 cm³/mol. The third-order valence-corrected chi connectivity index (χ3v) is 3.87. The van der Waals surface area contributed by atoms with Crippen molar-refractivity contribution in [2.24, 2.45) is 0 Å². The minimum atomic E-state index is -1.17. The Bertz CT molecular complexity index is 582. The van der Waals surface area contributed by atoms with Crippen molar-refractivity contribution in [2.75, 3.05) is 20.2 Å². The Hall–Kier alpha value is -2.25. The molecule has 0 spiro atoms. The summed E-state index contributed by atoms with van der Waals surface area (Å²) >= 11 is 0. The number of amides is 1. The largest absolute Gasteiger partial charge is 0.493 e. The van der Waals surface area contributed by atoms with Gasteiger partial charge in [0.2, 0.25) is 0 Å². The Kier molecular flexibility index (Phi) is 4.53. The Labute approximate surface area is 135 Å². The molecule has 1 saturated heterocycles. The molecule has 2 heterocycles. The molecule has 8 nitrogen and oxygen atoms in total. The molecule has 0 aliphatic carbocycles. The molecule has 0 radical (unpaired) electrons. The van der Waals surface area contributed by atoms with E-state index in [9.17, 15) is 14.7 Å². The van der Waals surface area contributed by atoms with Crippen molar-refractivity contribution in [2.45, 2.75) is 44.8 Å². The van der Waals surface area contributed by atoms with Crippen LogP contribution in [0.1, 0.15) is 33.6 Å². The van der Waals surface area contributed by atoms with Crippen LogP contribution in [0.3, 0.4) is 0 Å². The van der Waals surface area contributed by atoms with Crippen LogP contribution >= 0.6 is 0 Å². The van der Waals surface area contributed by atoms with Gasteiger partial charge in [0.05, 0.1) is 19.5 Å². The predicted octanol–water partition coefficient (Wildman–Crippen LogP) is 1.70. The fourth-order valence-electron chi connectivity index (χ4n) is 2.57. The van der Waals surface area contributed by atoms with Crippen LogP contribution in [0.15, 0.2) is 12.4 Å². The van der Waals surface area contributed by atoms with E-state index in [1.54, 1.807) is 27.0 Å². The maximum atomic E-state index is 12.1. The summed E-state index contributed by atoms with van der Waals surface area (Å²) in [4.78, 5) is 25.5. The first-order valence-corrected chi connectivity index (χ1v) is 7.48. The van der Waals surface area contributed by atoms with E-state index >= 15 is 0 Å². The van der Waals surface area contributed by atoms with E-state index in [2.05, 4.69) is 5.10 Å². The maximum absolute atomic E-state index is 12.1. The molecule has 0 bridgehead atoms. The number of aromatic nitrogens is 2. The van der Waals surface area contributed by atoms with Gasteiger partial charge in [-0.2, -0.15) is 5.10 Å². The molecule has 1 N–H and O–H groups in total. The molecule has 2 rings (SSSR count). The number of carboxylic acids is 1. The van der Waals surface area contributed by atoms with Gasteiger partial charge in [0.1, 0.15) is 5.60 Å². The normalized spacial score (nSPS) is 17.7. The minimum Gasteiger partial charge on any atom is -0.493 e. The van der Waals surface area contributed by atoms with Crippen molar-refractivity contribution < 1.29 is 24.2 Å². The van der Waals surface area contributed by atoms with Crippen LogP contribution in [0.5, 0.6) is 5.75 Å². The SMILES string of the molecule is COc1cnn(C2(C(=O)O)CCN(C(=O)OC(C)(C)C)CC2)c1. The van der Waals surface area contributed by atoms with Crippen LogP contribution < -0.4 is 4.74 Å². The van der Waals surface area contributed by atoms with Gasteiger partial charge in [0.25, 0.3) is 0 Å². The van der Waals surface area contributed by atoms with Crippen molar-refractivity contribution in [3.63, 3.8) is 0 Å². The summed E-state index contributed by atoms with van der Waals surface area (Å²) in [5.41, 5.74) is -1.75. The molecule has 1 aromatic rings. The fourth-order valence-corrected chi connectivity index (χ4v) is 2.57. The van der Waals surface area contributed by atoms with E-state index in [0.717, 1.165) is 0 Å². The molecule has 0 aromatic carbocycles. The van der Waals surface area contributed by atoms with Gasteiger partial charge in [0.15, 0.2) is 11.3 Å². The molecule has 1 aliphatic heterocycles. The molecular weight excluding hydrogens is 302 g/mol. The van der Waals surface area contributed by atoms with Gasteiger partial charge in [-0.05, 0) is 20.8 Å². The highest BCUT2D eigenvalue weighted by molar-refractivity contribution is 5.77. The Morgan fingerprint density at radius 3 is 2.35 bits per heavy atom. The standard InChI is InChI=1S/C15H23N3O5/c1-14(2,3)23-13(21)17-7-5-15(6-8-17,12(19)20)18-10-11(22-4)9-16-18/h9-10H,5-8H2,1-4H3,(H,19,20). The zero-order chi connectivity index (χ0) is 17.3. The number of hydrogen-bond donors (Lipinski definition) is 1. The number of nitrogens with zero attached hydrogens (tertiary/aromatic N) is 3. The summed E-state index contributed by atoms with van der Waals surface area (Å²) in [6.45, 7) is 5.98. The van der Waals surface area contributed by atoms with Gasteiger partial charge in [-0.3, -0.25) is 4.68 Å². The van der Waals surface area contributed by atoms with E-state index in [-0.39, 0.29) is 12.8 Å². The first-order valence-electron chi connectivity index (χ1n) is 7.48. The van der Waals surface area contributed by atoms with Crippen LogP contribution in [0.25, 0.3) is 0 Å². The number of carboxylic acid groups (broad SMARTS) is 1. The van der Waals surface area contributed by atoms with Crippen LogP contribution in [0.2, 0.25) is 0 Å². The Morgan fingerprint density at radius 1 is 1.30 bits per heavy atom. The Balaban J connectivity index is 2.12. The van der Waals surface area contributed by atoms with Gasteiger partial charge < -0.3 is 19.5 Å². The van der Waals surface area contributed by atoms with Crippen molar-refractivity contribution in [1.29, 1.82) is 0 Å². The second-order valence-electron chi connectivity index (χ2n) is 6.63. The van der Waals surface area contributed by atoms with Gasteiger partial charge in [-0.1, -0.05) is 0 Å². The lowest BCUT2D eigenvalue weighted by Crippen LogP contribution is -2.53. The summed E-state index contributed by atoms with van der Waals surface area (Å²) in [5.74, 6) is -0.465. The van der Waals surface area contributed by atoms with E-state index < -0.39 is 23.2 Å². The lowest BCUT2D eigenvalue weighted by atomic mass is 9.88. The van der Waals surface area contributed by atoms with Crippen LogP contribution in [-0.4, -0.2) is 57.6 Å². The molecule has 8 heteroatoms. The topological polar surface area (TPSA) is 93.9 Å². The fraction of sp³-hybridized carbons (Fsp3) is 0.667. The van der Waals surface area contributed by atoms with Crippen LogP contribution in [-0.2, 0) is 15.1 Å². The third kappa shape index (κ3) is 3.57. The van der Waals surface area contributed by atoms with Crippen LogP contribution in [0.4, 0.5) is 4.79 Å². The molecule has 1 amide bonds. The van der Waals surface area contributed by atoms with Crippen LogP contribution in [0, 0.1) is 0 Å². The lowest BCUT2D eigenvalue weighted by molar-refractivity contribution is -0.151. The number of aliphatic carboxylic acids is 1. The highest BCUT2D eigenvalue weighted by Crippen LogP contribution is 2.32. The summed E-state index contributed by atoms with van der Waals surface area (Å²) in [6.07, 6.45) is 3.13. The molecule has 1 aliphatic rings. The number of rotatable bonds is 3. The number of likely N-dealkylation sites (tertiary alicyclic amines) is 1. The van der Waals surface area contributed by atoms with E-state index in [4.69, 9.17) is 9.47 Å². The summed E-state index contributed by atoms with van der Waals surface area (Å²) in [5, 5.41) is 13.8. The zero-order valence-corrected chi connectivity index (χ0v) is 13.9. The second-order valence-corrected chi connectivity index (χ2v) is 6.63. The number of ether oxygens (including phenoxy) is 2. The minimum absolute atomic E-state index is 0.256. The first kappa shape index (κ1) is 17.1. The second kappa shape index (κ2) is 6.10. The zero-order valence-electron chi connectivity index (χ0n) is 13.9. The summed E-state index contributed by atoms with van der Waals surface area (Å²) < 4.78 is 11.8. The molecule has 0 unspecified atom stereocenters. The number of hydrogen-bond acceptors (Lipinski definition) is 5. The quantitative estimate of drug-likeness (QED) is 0.909. The molecule has 0 saturated carbocycles. The van der Waals surface area contributed by atoms with Gasteiger partial charge >= 0.3 is 12.1 Å². The van der Waals surface area contributed by atoms with E-state index in [0.29, 0.717) is 18.8 Å². The number of carbonyl (C=O) groups excluding carboxylic acids is 1. The van der Waals surface area contributed by atoms with E-state index in [1.165, 1.54) is 22.9 Å². The van der Waals surface area contributed by atoms with Crippen molar-refractivity contribution >= 4 is 12.1 Å². The van der Waals surface area contributed by atoms with Gasteiger partial charge in [-0.25, -0.2) is 9.59 Å². The van der Waals surface area contributed by atoms with Gasteiger partial charge in [-0.15, -0.1) is 0 Å². The average molecular weight is 325 g/mol. The molecule has 1 fully saturated rings. The highest BCUT2D eigenvalue weighted by Gasteiger charge is 2.45. The molecule has 128 valence electrons. The molecule has 0 atom stereocenters. The van der Waals surface area contributed by atoms with Crippen molar-refractivity contribution in [3.8, 4) is 5.75 Å². The summed E-state index contributed by atoms with van der Waals surface area (Å²) in [7, 11) is 1.50. The van der Waals surface area contributed by atoms with Gasteiger partial charge in [0, 0.05) is 25.9 Å². The third-order valence-electron chi connectivity index (χ3n) is 3.87. The number of carbonyl (C=O) groups is 2. The first-order chi connectivity index (χ1) is 10.7. The molecule has 1 aromatic heterocycles. The van der Waals surface area contributed by atoms with E-state index in [1.807, 2.05) is 0 Å². The number of methoxy groups -OCH3 is 1. The highest BCUT2D eigenvalue weighted by atomic mass is 16.6.